The molecule has 4 saturated carbocycles. The molecule has 4 rings (SSSR count). The molecule has 0 spiro atoms. The molecule has 4 aliphatic rings. The fraction of sp³-hybridized carbons (Fsp3) is 1.00. The summed E-state index contributed by atoms with van der Waals surface area (Å²) in [7, 11) is 0. The molecule has 0 heterocycles. The first-order valence-corrected chi connectivity index (χ1v) is 19.3. The summed E-state index contributed by atoms with van der Waals surface area (Å²) in [6, 6.07) is 0. The van der Waals surface area contributed by atoms with Gasteiger partial charge in [0.2, 0.25) is 0 Å². The third kappa shape index (κ3) is 9.09. The molecule has 0 aromatic heterocycles. The minimum atomic E-state index is -5.24. The van der Waals surface area contributed by atoms with Crippen molar-refractivity contribution in [1.29, 1.82) is 0 Å². The van der Waals surface area contributed by atoms with E-state index in [1.807, 2.05) is 27.7 Å². The molecule has 0 amide bonds. The average Bonchev–Trinajstić information content (AvgIpc) is 2.99. The van der Waals surface area contributed by atoms with Gasteiger partial charge in [0, 0.05) is 0 Å². The zero-order chi connectivity index (χ0) is 37.8. The van der Waals surface area contributed by atoms with E-state index in [9.17, 15) is 52.7 Å². The molecule has 50 heavy (non-hydrogen) atoms. The third-order valence-corrected chi connectivity index (χ3v) is 13.6. The topological polar surface area (TPSA) is 0 Å². The van der Waals surface area contributed by atoms with Crippen LogP contribution in [-0.4, -0.2) is 24.7 Å². The second kappa shape index (κ2) is 17.1. The lowest BCUT2D eigenvalue weighted by Gasteiger charge is -2.51. The fourth-order valence-electron chi connectivity index (χ4n) is 10.9. The SMILES string of the molecule is CC1CCC(C(C2CCC(C)CC2)(C(F)(F)F)C(F)(F)F)CC1.CCCC1CCC(C(C2CCC(CCC)CC2)(C(F)(F)F)C(F)(F)F)CC1. The zero-order valence-corrected chi connectivity index (χ0v) is 30.3. The summed E-state index contributed by atoms with van der Waals surface area (Å²) in [6.07, 6.45) is -13.1. The van der Waals surface area contributed by atoms with E-state index >= 15 is 0 Å². The Balaban J connectivity index is 0.000000274. The summed E-state index contributed by atoms with van der Waals surface area (Å²) in [4.78, 5) is 0. The van der Waals surface area contributed by atoms with E-state index in [4.69, 9.17) is 0 Å². The maximum Gasteiger partial charge on any atom is 0.403 e. The summed E-state index contributed by atoms with van der Waals surface area (Å²) in [5.41, 5.74) is -7.03. The van der Waals surface area contributed by atoms with Gasteiger partial charge in [-0.15, -0.1) is 0 Å². The van der Waals surface area contributed by atoms with Crippen molar-refractivity contribution in [3.05, 3.63) is 0 Å². The highest BCUT2D eigenvalue weighted by Crippen LogP contribution is 2.67. The van der Waals surface area contributed by atoms with Crippen LogP contribution in [0.15, 0.2) is 0 Å². The van der Waals surface area contributed by atoms with Gasteiger partial charge in [-0.2, -0.15) is 52.7 Å². The molecule has 4 aliphatic carbocycles. The number of alkyl halides is 12. The Morgan fingerprint density at radius 2 is 0.540 bits per heavy atom. The van der Waals surface area contributed by atoms with Crippen LogP contribution in [0, 0.1) is 58.2 Å². The lowest BCUT2D eigenvalue weighted by Crippen LogP contribution is -2.60. The molecule has 0 bridgehead atoms. The Labute approximate surface area is 291 Å². The molecule has 0 aromatic rings. The maximum atomic E-state index is 14.2. The van der Waals surface area contributed by atoms with Crippen molar-refractivity contribution in [2.75, 3.05) is 0 Å². The monoisotopic (exact) mass is 744 g/mol. The summed E-state index contributed by atoms with van der Waals surface area (Å²) < 4.78 is 169. The molecular weight excluding hydrogens is 684 g/mol. The Morgan fingerprint density at radius 1 is 0.340 bits per heavy atom. The van der Waals surface area contributed by atoms with Crippen LogP contribution >= 0.6 is 0 Å². The Bertz CT molecular complexity index is 897. The van der Waals surface area contributed by atoms with E-state index < -0.39 is 59.2 Å². The second-order valence-electron chi connectivity index (χ2n) is 16.7. The Kier molecular flexibility index (Phi) is 14.9. The predicted octanol–water partition coefficient (Wildman–Crippen LogP) is 15.1. The van der Waals surface area contributed by atoms with Gasteiger partial charge < -0.3 is 0 Å². The molecular formula is C38H60F12. The number of halogens is 12. The van der Waals surface area contributed by atoms with Crippen molar-refractivity contribution in [2.45, 2.75) is 181 Å². The first-order valence-electron chi connectivity index (χ1n) is 19.3. The van der Waals surface area contributed by atoms with Gasteiger partial charge in [-0.25, -0.2) is 0 Å². The van der Waals surface area contributed by atoms with Crippen LogP contribution in [0.1, 0.15) is 156 Å². The lowest BCUT2D eigenvalue weighted by molar-refractivity contribution is -0.383. The van der Waals surface area contributed by atoms with Crippen LogP contribution in [0.4, 0.5) is 52.7 Å². The third-order valence-electron chi connectivity index (χ3n) is 13.6. The first kappa shape index (κ1) is 43.6. The summed E-state index contributed by atoms with van der Waals surface area (Å²) in [5.74, 6) is -4.28. The molecule has 0 saturated heterocycles. The van der Waals surface area contributed by atoms with Crippen LogP contribution in [0.2, 0.25) is 0 Å². The van der Waals surface area contributed by atoms with E-state index in [-0.39, 0.29) is 75.0 Å². The highest BCUT2D eigenvalue weighted by atomic mass is 19.4. The molecule has 0 atom stereocenters. The van der Waals surface area contributed by atoms with Crippen molar-refractivity contribution in [3.8, 4) is 0 Å². The molecule has 0 radical (unpaired) electrons. The fourth-order valence-corrected chi connectivity index (χ4v) is 10.9. The Morgan fingerprint density at radius 3 is 0.720 bits per heavy atom. The van der Waals surface area contributed by atoms with Crippen LogP contribution in [0.25, 0.3) is 0 Å². The smallest absolute Gasteiger partial charge is 0.170 e. The van der Waals surface area contributed by atoms with Crippen LogP contribution in [0.5, 0.6) is 0 Å². The largest absolute Gasteiger partial charge is 0.403 e. The van der Waals surface area contributed by atoms with Gasteiger partial charge in [-0.3, -0.25) is 0 Å². The van der Waals surface area contributed by atoms with Crippen molar-refractivity contribution < 1.29 is 52.7 Å². The summed E-state index contributed by atoms with van der Waals surface area (Å²) >= 11 is 0. The standard InChI is InChI=1S/C21H34F6.C17H26F6/c1-3-5-15-7-11-17(12-8-15)19(20(22,23)24,21(25,26)27)18-13-9-16(6-4-2)10-14-18;1-11-3-7-13(8-4-11)15(16(18,19)20,17(21,22)23)14-9-5-12(2)6-10-14/h15-18H,3-14H2,1-2H3;11-14H,3-10H2,1-2H3. The number of hydrogen-bond donors (Lipinski definition) is 0. The summed E-state index contributed by atoms with van der Waals surface area (Å²) in [6.45, 7) is 7.83. The molecule has 12 heteroatoms. The minimum absolute atomic E-state index is 0.0340. The molecule has 0 nitrogen and oxygen atoms in total. The van der Waals surface area contributed by atoms with Gasteiger partial charge in [0.05, 0.1) is 0 Å². The maximum absolute atomic E-state index is 14.2. The molecule has 0 aliphatic heterocycles. The predicted molar refractivity (Wildman–Crippen MR) is 172 cm³/mol. The quantitative estimate of drug-likeness (QED) is 0.217. The molecule has 296 valence electrons. The van der Waals surface area contributed by atoms with Crippen LogP contribution in [0.3, 0.4) is 0 Å². The van der Waals surface area contributed by atoms with E-state index in [1.54, 1.807) is 0 Å². The molecule has 0 N–H and O–H groups in total. The van der Waals surface area contributed by atoms with E-state index in [2.05, 4.69) is 0 Å². The highest BCUT2D eigenvalue weighted by Gasteiger charge is 2.77. The zero-order valence-electron chi connectivity index (χ0n) is 30.3. The summed E-state index contributed by atoms with van der Waals surface area (Å²) in [5, 5.41) is 0. The van der Waals surface area contributed by atoms with Gasteiger partial charge >= 0.3 is 24.7 Å². The second-order valence-corrected chi connectivity index (χ2v) is 16.7. The number of hydrogen-bond acceptors (Lipinski definition) is 0. The van der Waals surface area contributed by atoms with Crippen molar-refractivity contribution in [3.63, 3.8) is 0 Å². The van der Waals surface area contributed by atoms with Gasteiger partial charge in [-0.05, 0) is 98.7 Å². The van der Waals surface area contributed by atoms with Crippen molar-refractivity contribution >= 4 is 0 Å². The lowest BCUT2D eigenvalue weighted by atomic mass is 9.56. The number of rotatable bonds is 8. The van der Waals surface area contributed by atoms with Crippen LogP contribution in [-0.2, 0) is 0 Å². The minimum Gasteiger partial charge on any atom is -0.170 e. The van der Waals surface area contributed by atoms with Crippen molar-refractivity contribution in [1.82, 2.24) is 0 Å². The average molecular weight is 745 g/mol. The molecule has 0 unspecified atom stereocenters. The van der Waals surface area contributed by atoms with Crippen LogP contribution < -0.4 is 0 Å². The van der Waals surface area contributed by atoms with Gasteiger partial charge in [0.1, 0.15) is 0 Å². The van der Waals surface area contributed by atoms with Crippen molar-refractivity contribution in [2.24, 2.45) is 58.2 Å². The molecule has 4 fully saturated rings. The Hall–Kier alpha value is -0.840. The normalized spacial score (nSPS) is 32.6. The molecule has 0 aromatic carbocycles. The van der Waals surface area contributed by atoms with Gasteiger partial charge in [-0.1, -0.05) is 105 Å². The van der Waals surface area contributed by atoms with E-state index in [1.165, 1.54) is 0 Å². The highest BCUT2D eigenvalue weighted by molar-refractivity contribution is 5.06. The van der Waals surface area contributed by atoms with Gasteiger partial charge in [0.25, 0.3) is 0 Å². The van der Waals surface area contributed by atoms with Gasteiger partial charge in [0.15, 0.2) is 10.8 Å². The first-order chi connectivity index (χ1) is 23.1. The van der Waals surface area contributed by atoms with E-state index in [0.717, 1.165) is 25.7 Å². The van der Waals surface area contributed by atoms with E-state index in [0.29, 0.717) is 51.4 Å².